The lowest BCUT2D eigenvalue weighted by Gasteiger charge is -2.17. The first-order valence-electron chi connectivity index (χ1n) is 7.01. The van der Waals surface area contributed by atoms with Crippen molar-refractivity contribution in [1.29, 1.82) is 0 Å². The summed E-state index contributed by atoms with van der Waals surface area (Å²) in [5, 5.41) is 16.8. The lowest BCUT2D eigenvalue weighted by Crippen LogP contribution is -2.50. The highest BCUT2D eigenvalue weighted by Crippen LogP contribution is 2.25. The fourth-order valence-electron chi connectivity index (χ4n) is 2.23. The van der Waals surface area contributed by atoms with Crippen molar-refractivity contribution in [3.05, 3.63) is 0 Å². The average Bonchev–Trinajstić information content (AvgIpc) is 2.84. The van der Waals surface area contributed by atoms with Gasteiger partial charge in [0.25, 0.3) is 0 Å². The van der Waals surface area contributed by atoms with Crippen LogP contribution in [0.2, 0.25) is 0 Å². The topological polar surface area (TPSA) is 108 Å². The van der Waals surface area contributed by atoms with Crippen LogP contribution in [0.1, 0.15) is 39.5 Å². The second kappa shape index (κ2) is 7.72. The molecule has 0 aromatic carbocycles. The summed E-state index contributed by atoms with van der Waals surface area (Å²) in [5.74, 6) is -1.43. The van der Waals surface area contributed by atoms with E-state index >= 15 is 0 Å². The van der Waals surface area contributed by atoms with Crippen LogP contribution in [0.25, 0.3) is 0 Å². The maximum absolute atomic E-state index is 11.7. The zero-order chi connectivity index (χ0) is 15.1. The van der Waals surface area contributed by atoms with E-state index in [0.29, 0.717) is 25.8 Å². The zero-order valence-electron chi connectivity index (χ0n) is 11.9. The molecule has 0 bridgehead atoms. The monoisotopic (exact) mass is 285 g/mol. The van der Waals surface area contributed by atoms with Crippen LogP contribution in [0, 0.1) is 5.92 Å². The van der Waals surface area contributed by atoms with Crippen LogP contribution < -0.4 is 16.0 Å². The van der Waals surface area contributed by atoms with Gasteiger partial charge in [-0.1, -0.05) is 6.92 Å². The molecule has 4 N–H and O–H groups in total. The van der Waals surface area contributed by atoms with Gasteiger partial charge in [0.15, 0.2) is 0 Å². The van der Waals surface area contributed by atoms with Gasteiger partial charge in [-0.15, -0.1) is 0 Å². The fourth-order valence-corrected chi connectivity index (χ4v) is 2.23. The minimum Gasteiger partial charge on any atom is -0.481 e. The number of nitrogens with one attached hydrogen (secondary N) is 3. The first-order chi connectivity index (χ1) is 9.43. The summed E-state index contributed by atoms with van der Waals surface area (Å²) in [7, 11) is 0. The van der Waals surface area contributed by atoms with Gasteiger partial charge in [0.2, 0.25) is 5.91 Å². The summed E-state index contributed by atoms with van der Waals surface area (Å²) in [4.78, 5) is 34.1. The van der Waals surface area contributed by atoms with Gasteiger partial charge in [0.05, 0.1) is 5.92 Å². The number of hydrogen-bond donors (Lipinski definition) is 4. The first kappa shape index (κ1) is 16.3. The van der Waals surface area contributed by atoms with E-state index in [4.69, 9.17) is 5.11 Å². The molecule has 1 fully saturated rings. The van der Waals surface area contributed by atoms with Crippen molar-refractivity contribution in [2.45, 2.75) is 51.6 Å². The molecule has 7 nitrogen and oxygen atoms in total. The van der Waals surface area contributed by atoms with Crippen LogP contribution in [0.4, 0.5) is 4.79 Å². The summed E-state index contributed by atoms with van der Waals surface area (Å²) in [6.45, 7) is 4.14. The minimum atomic E-state index is -0.818. The normalized spacial score (nSPS) is 22.9. The predicted octanol–water partition coefficient (Wildman–Crippen LogP) is 0.454. The van der Waals surface area contributed by atoms with Crippen LogP contribution in [-0.2, 0) is 9.59 Å². The van der Waals surface area contributed by atoms with Crippen LogP contribution in [0.3, 0.4) is 0 Å². The summed E-state index contributed by atoms with van der Waals surface area (Å²) in [6.07, 6.45) is 2.51. The van der Waals surface area contributed by atoms with Gasteiger partial charge in [0, 0.05) is 12.6 Å². The van der Waals surface area contributed by atoms with E-state index in [-0.39, 0.29) is 17.9 Å². The van der Waals surface area contributed by atoms with Gasteiger partial charge < -0.3 is 21.1 Å². The Balaban J connectivity index is 2.30. The number of carboxylic acids is 1. The molecule has 0 saturated heterocycles. The van der Waals surface area contributed by atoms with Gasteiger partial charge in [0.1, 0.15) is 6.04 Å². The number of amides is 3. The van der Waals surface area contributed by atoms with Crippen molar-refractivity contribution in [3.8, 4) is 0 Å². The number of urea groups is 1. The molecule has 1 saturated carbocycles. The first-order valence-corrected chi connectivity index (χ1v) is 7.01. The molecule has 114 valence electrons. The fraction of sp³-hybridized carbons (Fsp3) is 0.769. The highest BCUT2D eigenvalue weighted by molar-refractivity contribution is 5.86. The molecule has 0 heterocycles. The molecule has 0 aliphatic heterocycles. The standard InChI is InChI=1S/C13H23N3O4/c1-3-6-14-11(17)8(2)15-13(20)16-10-5-4-9(7-10)12(18)19/h8-10H,3-7H2,1-2H3,(H,14,17)(H,18,19)(H2,15,16,20)/t8?,9-,10+/m1/s1. The van der Waals surface area contributed by atoms with Crippen LogP contribution >= 0.6 is 0 Å². The lowest BCUT2D eigenvalue weighted by molar-refractivity contribution is -0.141. The Bertz CT molecular complexity index is 373. The van der Waals surface area contributed by atoms with Gasteiger partial charge in [-0.25, -0.2) is 4.79 Å². The number of carbonyl (C=O) groups excluding carboxylic acids is 2. The molecule has 7 heteroatoms. The summed E-state index contributed by atoms with van der Waals surface area (Å²) >= 11 is 0. The molecule has 0 radical (unpaired) electrons. The van der Waals surface area contributed by atoms with Crippen molar-refractivity contribution in [3.63, 3.8) is 0 Å². The molecular weight excluding hydrogens is 262 g/mol. The van der Waals surface area contributed by atoms with Crippen LogP contribution in [0.15, 0.2) is 0 Å². The maximum Gasteiger partial charge on any atom is 0.315 e. The SMILES string of the molecule is CCCNC(=O)C(C)NC(=O)N[C@H]1CC[C@@H](C(=O)O)C1. The number of hydrogen-bond acceptors (Lipinski definition) is 3. The largest absolute Gasteiger partial charge is 0.481 e. The Hall–Kier alpha value is -1.79. The summed E-state index contributed by atoms with van der Waals surface area (Å²) in [5.41, 5.74) is 0. The van der Waals surface area contributed by atoms with Gasteiger partial charge >= 0.3 is 12.0 Å². The highest BCUT2D eigenvalue weighted by Gasteiger charge is 2.30. The minimum absolute atomic E-state index is 0.137. The number of rotatable bonds is 6. The number of carboxylic acid groups (broad SMARTS) is 1. The summed E-state index contributed by atoms with van der Waals surface area (Å²) < 4.78 is 0. The highest BCUT2D eigenvalue weighted by atomic mass is 16.4. The molecular formula is C13H23N3O4. The van der Waals surface area contributed by atoms with Gasteiger partial charge in [-0.05, 0) is 32.6 Å². The molecule has 20 heavy (non-hydrogen) atoms. The zero-order valence-corrected chi connectivity index (χ0v) is 11.9. The third-order valence-electron chi connectivity index (χ3n) is 3.41. The van der Waals surface area contributed by atoms with E-state index in [1.54, 1.807) is 6.92 Å². The molecule has 1 rings (SSSR count). The number of aliphatic carboxylic acids is 1. The van der Waals surface area contributed by atoms with Crippen LogP contribution in [0.5, 0.6) is 0 Å². The summed E-state index contributed by atoms with van der Waals surface area (Å²) in [6, 6.07) is -1.18. The molecule has 0 aromatic heterocycles. The molecule has 0 aromatic rings. The van der Waals surface area contributed by atoms with Crippen LogP contribution in [-0.4, -0.2) is 41.6 Å². The van der Waals surface area contributed by atoms with Crippen molar-refractivity contribution >= 4 is 17.9 Å². The lowest BCUT2D eigenvalue weighted by atomic mass is 10.1. The van der Waals surface area contributed by atoms with E-state index in [1.807, 2.05) is 6.92 Å². The van der Waals surface area contributed by atoms with Gasteiger partial charge in [-0.2, -0.15) is 0 Å². The average molecular weight is 285 g/mol. The van der Waals surface area contributed by atoms with Crippen molar-refractivity contribution in [2.75, 3.05) is 6.54 Å². The Morgan fingerprint density at radius 3 is 2.55 bits per heavy atom. The smallest absolute Gasteiger partial charge is 0.315 e. The van der Waals surface area contributed by atoms with E-state index in [1.165, 1.54) is 0 Å². The molecule has 1 aliphatic rings. The second-order valence-corrected chi connectivity index (χ2v) is 5.18. The van der Waals surface area contributed by atoms with Crippen molar-refractivity contribution < 1.29 is 19.5 Å². The maximum atomic E-state index is 11.7. The van der Waals surface area contributed by atoms with Gasteiger partial charge in [-0.3, -0.25) is 9.59 Å². The number of carbonyl (C=O) groups is 3. The Morgan fingerprint density at radius 2 is 2.00 bits per heavy atom. The Morgan fingerprint density at radius 1 is 1.30 bits per heavy atom. The van der Waals surface area contributed by atoms with E-state index < -0.39 is 18.0 Å². The third kappa shape index (κ3) is 5.07. The molecule has 1 unspecified atom stereocenters. The van der Waals surface area contributed by atoms with E-state index in [0.717, 1.165) is 6.42 Å². The van der Waals surface area contributed by atoms with E-state index in [9.17, 15) is 14.4 Å². The predicted molar refractivity (Wildman–Crippen MR) is 73.2 cm³/mol. The van der Waals surface area contributed by atoms with Crippen molar-refractivity contribution in [1.82, 2.24) is 16.0 Å². The quantitative estimate of drug-likeness (QED) is 0.568. The molecule has 0 spiro atoms. The van der Waals surface area contributed by atoms with Crippen molar-refractivity contribution in [2.24, 2.45) is 5.92 Å². The molecule has 3 atom stereocenters. The second-order valence-electron chi connectivity index (χ2n) is 5.18. The Kier molecular flexibility index (Phi) is 6.27. The Labute approximate surface area is 118 Å². The molecule has 3 amide bonds. The molecule has 1 aliphatic carbocycles. The van der Waals surface area contributed by atoms with E-state index in [2.05, 4.69) is 16.0 Å². The third-order valence-corrected chi connectivity index (χ3v) is 3.41.